The lowest BCUT2D eigenvalue weighted by molar-refractivity contribution is -0.129. The Hall–Kier alpha value is -3.50. The fraction of sp³-hybridized carbons (Fsp3) is 0.300. The lowest BCUT2D eigenvalue weighted by atomic mass is 10.0. The zero-order valence-corrected chi connectivity index (χ0v) is 16.1. The number of nitrogens with zero attached hydrogens (tertiary/aromatic N) is 1. The molecule has 0 fully saturated rings. The van der Waals surface area contributed by atoms with Gasteiger partial charge in [-0.1, -0.05) is 18.2 Å². The van der Waals surface area contributed by atoms with Crippen molar-refractivity contribution >= 4 is 29.0 Å². The van der Waals surface area contributed by atoms with Crippen LogP contribution in [0.25, 0.3) is 10.9 Å². The van der Waals surface area contributed by atoms with Gasteiger partial charge in [0.15, 0.2) is 0 Å². The number of carbonyl (C=O) groups is 2. The largest absolute Gasteiger partial charge is 0.394 e. The number of aliphatic hydroxyl groups is 1. The van der Waals surface area contributed by atoms with Crippen molar-refractivity contribution in [2.24, 2.45) is 5.73 Å². The van der Waals surface area contributed by atoms with Crippen LogP contribution in [0.3, 0.4) is 0 Å². The minimum absolute atomic E-state index is 0.160. The highest BCUT2D eigenvalue weighted by Crippen LogP contribution is 2.19. The number of hydrogen-bond acceptors (Lipinski definition) is 6. The van der Waals surface area contributed by atoms with Gasteiger partial charge in [-0.15, -0.1) is 0 Å². The van der Waals surface area contributed by atoms with Gasteiger partial charge in [0.1, 0.15) is 12.1 Å². The number of imidazole rings is 1. The van der Waals surface area contributed by atoms with Crippen LogP contribution >= 0.6 is 0 Å². The maximum absolute atomic E-state index is 12.7. The number of para-hydroxylation sites is 1. The summed E-state index contributed by atoms with van der Waals surface area (Å²) in [5.74, 6) is -1.16. The Kier molecular flexibility index (Phi) is 6.94. The van der Waals surface area contributed by atoms with E-state index in [9.17, 15) is 14.4 Å². The predicted octanol–water partition coefficient (Wildman–Crippen LogP) is -0.925. The Morgan fingerprint density at radius 1 is 1.17 bits per heavy atom. The molecule has 10 heteroatoms. The van der Waals surface area contributed by atoms with E-state index in [2.05, 4.69) is 25.6 Å². The number of rotatable bonds is 10. The molecule has 2 amide bonds. The smallest absolute Gasteiger partial charge is 0.243 e. The number of H-pyrrole nitrogens is 2. The number of benzene rings is 1. The SMILES string of the molecule is N[C@@H](Cc1c[nH]cn1)C(=O)N[C@@H](Cc1c[nH]c2ccccc12)C(=O)N[C@H]([C]=O)CO. The lowest BCUT2D eigenvalue weighted by Gasteiger charge is -2.21. The minimum Gasteiger partial charge on any atom is -0.394 e. The number of carbonyl (C=O) groups excluding carboxylic acids is 3. The second kappa shape index (κ2) is 9.81. The summed E-state index contributed by atoms with van der Waals surface area (Å²) >= 11 is 0. The zero-order valence-electron chi connectivity index (χ0n) is 16.1. The van der Waals surface area contributed by atoms with Crippen molar-refractivity contribution < 1.29 is 19.5 Å². The summed E-state index contributed by atoms with van der Waals surface area (Å²) in [6.07, 6.45) is 6.78. The van der Waals surface area contributed by atoms with E-state index in [1.807, 2.05) is 24.3 Å². The van der Waals surface area contributed by atoms with Crippen LogP contribution in [0.2, 0.25) is 0 Å². The van der Waals surface area contributed by atoms with E-state index >= 15 is 0 Å². The van der Waals surface area contributed by atoms with Gasteiger partial charge in [-0.05, 0) is 11.6 Å². The molecule has 0 aliphatic heterocycles. The van der Waals surface area contributed by atoms with Gasteiger partial charge in [-0.3, -0.25) is 14.4 Å². The second-order valence-corrected chi connectivity index (χ2v) is 6.86. The number of hydrogen-bond donors (Lipinski definition) is 6. The second-order valence-electron chi connectivity index (χ2n) is 6.86. The topological polar surface area (TPSA) is 166 Å². The molecule has 0 bridgehead atoms. The van der Waals surface area contributed by atoms with E-state index in [1.165, 1.54) is 6.33 Å². The average Bonchev–Trinajstić information content (AvgIpc) is 3.41. The van der Waals surface area contributed by atoms with Crippen molar-refractivity contribution in [2.45, 2.75) is 31.0 Å². The Labute approximate surface area is 172 Å². The highest BCUT2D eigenvalue weighted by Gasteiger charge is 2.27. The summed E-state index contributed by atoms with van der Waals surface area (Å²) in [5.41, 5.74) is 8.28. The van der Waals surface area contributed by atoms with Gasteiger partial charge in [0, 0.05) is 36.1 Å². The molecule has 2 heterocycles. The summed E-state index contributed by atoms with van der Waals surface area (Å²) in [7, 11) is 0. The molecule has 10 nitrogen and oxygen atoms in total. The van der Waals surface area contributed by atoms with E-state index in [0.29, 0.717) is 5.69 Å². The number of amides is 2. The van der Waals surface area contributed by atoms with Crippen LogP contribution in [0.4, 0.5) is 0 Å². The molecule has 0 saturated heterocycles. The molecular weight excluding hydrogens is 388 g/mol. The molecule has 157 valence electrons. The predicted molar refractivity (Wildman–Crippen MR) is 109 cm³/mol. The maximum atomic E-state index is 12.7. The van der Waals surface area contributed by atoms with Crippen LogP contribution in [-0.2, 0) is 27.2 Å². The van der Waals surface area contributed by atoms with Crippen LogP contribution in [-0.4, -0.2) is 62.9 Å². The Bertz CT molecular complexity index is 1000. The third-order valence-corrected chi connectivity index (χ3v) is 4.69. The van der Waals surface area contributed by atoms with Gasteiger partial charge in [0.25, 0.3) is 0 Å². The van der Waals surface area contributed by atoms with Crippen molar-refractivity contribution in [3.05, 3.63) is 54.2 Å². The Morgan fingerprint density at radius 2 is 1.97 bits per heavy atom. The fourth-order valence-electron chi connectivity index (χ4n) is 3.11. The number of nitrogens with two attached hydrogens (primary N) is 1. The fourth-order valence-corrected chi connectivity index (χ4v) is 3.11. The molecule has 30 heavy (non-hydrogen) atoms. The number of aromatic amines is 2. The molecule has 0 aliphatic carbocycles. The summed E-state index contributed by atoms with van der Waals surface area (Å²) in [5, 5.41) is 15.1. The van der Waals surface area contributed by atoms with Crippen molar-refractivity contribution in [3.63, 3.8) is 0 Å². The third-order valence-electron chi connectivity index (χ3n) is 4.69. The first-order valence-corrected chi connectivity index (χ1v) is 9.39. The summed E-state index contributed by atoms with van der Waals surface area (Å²) in [6, 6.07) is 4.44. The Balaban J connectivity index is 1.76. The van der Waals surface area contributed by atoms with Crippen molar-refractivity contribution in [3.8, 4) is 0 Å². The van der Waals surface area contributed by atoms with Crippen molar-refractivity contribution in [2.75, 3.05) is 6.61 Å². The van der Waals surface area contributed by atoms with Crippen LogP contribution in [0, 0.1) is 0 Å². The standard InChI is InChI=1S/C20H23N6O4/c21-16(6-13-8-22-11-24-13)19(29)26-18(20(30)25-14(9-27)10-28)5-12-7-23-17-4-2-1-3-15(12)17/h1-4,7-8,11,14,16,18,23,27H,5-6,9,21H2,(H,22,24)(H,25,30)(H,26,29)/t14-,16-,18-/m0/s1. The van der Waals surface area contributed by atoms with Gasteiger partial charge in [-0.2, -0.15) is 0 Å². The van der Waals surface area contributed by atoms with Crippen LogP contribution in [0.5, 0.6) is 0 Å². The Morgan fingerprint density at radius 3 is 2.67 bits per heavy atom. The number of aliphatic hydroxyl groups excluding tert-OH is 1. The molecule has 0 unspecified atom stereocenters. The van der Waals surface area contributed by atoms with E-state index in [0.717, 1.165) is 16.5 Å². The van der Waals surface area contributed by atoms with Crippen LogP contribution < -0.4 is 16.4 Å². The third kappa shape index (κ3) is 5.10. The van der Waals surface area contributed by atoms with Crippen LogP contribution in [0.15, 0.2) is 43.0 Å². The maximum Gasteiger partial charge on any atom is 0.243 e. The number of aromatic nitrogens is 3. The quantitative estimate of drug-likeness (QED) is 0.252. The molecule has 3 aromatic rings. The van der Waals surface area contributed by atoms with E-state index in [4.69, 9.17) is 10.8 Å². The molecule has 1 aromatic carbocycles. The molecule has 0 aliphatic rings. The molecular formula is C20H23N6O4. The monoisotopic (exact) mass is 411 g/mol. The first kappa shape index (κ1) is 21.2. The average molecular weight is 411 g/mol. The van der Waals surface area contributed by atoms with E-state index in [-0.39, 0.29) is 12.8 Å². The van der Waals surface area contributed by atoms with Gasteiger partial charge in [-0.25, -0.2) is 4.98 Å². The van der Waals surface area contributed by atoms with E-state index in [1.54, 1.807) is 18.7 Å². The highest BCUT2D eigenvalue weighted by atomic mass is 16.3. The van der Waals surface area contributed by atoms with Crippen molar-refractivity contribution in [1.29, 1.82) is 0 Å². The first-order chi connectivity index (χ1) is 14.5. The lowest BCUT2D eigenvalue weighted by Crippen LogP contribution is -2.55. The molecule has 3 atom stereocenters. The van der Waals surface area contributed by atoms with Gasteiger partial charge < -0.3 is 31.4 Å². The zero-order chi connectivity index (χ0) is 21.5. The van der Waals surface area contributed by atoms with Gasteiger partial charge >= 0.3 is 0 Å². The molecule has 0 spiro atoms. The van der Waals surface area contributed by atoms with Gasteiger partial charge in [0.05, 0.1) is 24.7 Å². The first-order valence-electron chi connectivity index (χ1n) is 9.39. The highest BCUT2D eigenvalue weighted by molar-refractivity contribution is 5.92. The normalized spacial score (nSPS) is 14.1. The molecule has 1 radical (unpaired) electrons. The summed E-state index contributed by atoms with van der Waals surface area (Å²) < 4.78 is 0. The number of fused-ring (bicyclic) bond motifs is 1. The van der Waals surface area contributed by atoms with Gasteiger partial charge in [0.2, 0.25) is 18.1 Å². The molecule has 7 N–H and O–H groups in total. The van der Waals surface area contributed by atoms with E-state index < -0.39 is 36.5 Å². The molecule has 3 rings (SSSR count). The molecule has 2 aromatic heterocycles. The summed E-state index contributed by atoms with van der Waals surface area (Å²) in [4.78, 5) is 46.2. The summed E-state index contributed by atoms with van der Waals surface area (Å²) in [6.45, 7) is -0.596. The number of nitrogens with one attached hydrogen (secondary N) is 4. The molecule has 0 saturated carbocycles. The van der Waals surface area contributed by atoms with Crippen LogP contribution in [0.1, 0.15) is 11.3 Å². The minimum atomic E-state index is -1.18. The van der Waals surface area contributed by atoms with Crippen molar-refractivity contribution in [1.82, 2.24) is 25.6 Å².